The molecule has 1 aromatic rings. The van der Waals surface area contributed by atoms with Crippen molar-refractivity contribution in [2.75, 3.05) is 19.8 Å². The number of hydrogen-bond donors (Lipinski definition) is 2. The second kappa shape index (κ2) is 6.30. The monoisotopic (exact) mass is 227 g/mol. The number of hydrogen-bond acceptors (Lipinski definition) is 4. The quantitative estimate of drug-likeness (QED) is 0.689. The van der Waals surface area contributed by atoms with Crippen molar-refractivity contribution in [1.29, 1.82) is 0 Å². The summed E-state index contributed by atoms with van der Waals surface area (Å²) in [6.45, 7) is 6.16. The molecule has 0 spiro atoms. The Morgan fingerprint density at radius 3 is 2.94 bits per heavy atom. The van der Waals surface area contributed by atoms with E-state index in [1.807, 2.05) is 6.92 Å². The summed E-state index contributed by atoms with van der Waals surface area (Å²) in [4.78, 5) is 10.7. The molecule has 0 saturated carbocycles. The molecule has 1 rings (SSSR count). The second-order valence-corrected chi connectivity index (χ2v) is 3.36. The molecule has 0 saturated heterocycles. The highest BCUT2D eigenvalue weighted by atomic mass is 16.5. The zero-order valence-corrected chi connectivity index (χ0v) is 9.58. The smallest absolute Gasteiger partial charge is 0.339 e. The lowest BCUT2D eigenvalue weighted by atomic mass is 10.2. The van der Waals surface area contributed by atoms with Gasteiger partial charge in [0.05, 0.1) is 13.2 Å². The number of rotatable bonds is 7. The van der Waals surface area contributed by atoms with E-state index in [0.717, 1.165) is 6.54 Å². The van der Waals surface area contributed by atoms with Crippen LogP contribution in [-0.4, -0.2) is 30.8 Å². The first-order valence-electron chi connectivity index (χ1n) is 5.26. The molecule has 0 atom stereocenters. The summed E-state index contributed by atoms with van der Waals surface area (Å²) < 4.78 is 10.4. The van der Waals surface area contributed by atoms with E-state index in [-0.39, 0.29) is 5.56 Å². The molecule has 0 aliphatic heterocycles. The lowest BCUT2D eigenvalue weighted by Gasteiger charge is -2.02. The van der Waals surface area contributed by atoms with Crippen LogP contribution in [0.5, 0.6) is 0 Å². The van der Waals surface area contributed by atoms with Crippen molar-refractivity contribution < 1.29 is 19.1 Å². The molecule has 0 aromatic carbocycles. The summed E-state index contributed by atoms with van der Waals surface area (Å²) in [5.41, 5.74) is 0.224. The maximum atomic E-state index is 10.7. The minimum atomic E-state index is -0.957. The number of carboxylic acids is 1. The van der Waals surface area contributed by atoms with Gasteiger partial charge in [-0.2, -0.15) is 0 Å². The summed E-state index contributed by atoms with van der Waals surface area (Å²) in [5, 5.41) is 11.9. The zero-order valence-electron chi connectivity index (χ0n) is 9.58. The van der Waals surface area contributed by atoms with E-state index in [0.29, 0.717) is 31.3 Å². The Hall–Kier alpha value is -1.33. The van der Waals surface area contributed by atoms with E-state index in [9.17, 15) is 4.79 Å². The molecule has 0 aliphatic rings. The molecule has 5 nitrogen and oxygen atoms in total. The van der Waals surface area contributed by atoms with Crippen LogP contribution >= 0.6 is 0 Å². The van der Waals surface area contributed by atoms with Gasteiger partial charge in [0.15, 0.2) is 0 Å². The van der Waals surface area contributed by atoms with Crippen LogP contribution < -0.4 is 5.32 Å². The van der Waals surface area contributed by atoms with Gasteiger partial charge in [-0.05, 0) is 19.9 Å². The molecule has 0 radical (unpaired) electrons. The van der Waals surface area contributed by atoms with Gasteiger partial charge < -0.3 is 19.6 Å². The predicted octanol–water partition coefficient (Wildman–Crippen LogP) is 1.41. The van der Waals surface area contributed by atoms with Gasteiger partial charge in [0, 0.05) is 13.2 Å². The van der Waals surface area contributed by atoms with Gasteiger partial charge in [-0.25, -0.2) is 4.79 Å². The van der Waals surface area contributed by atoms with Gasteiger partial charge in [0.2, 0.25) is 0 Å². The number of aromatic carboxylic acids is 1. The standard InChI is InChI=1S/C11H17NO4/c1-3-15-5-4-12-7-9-6-10(11(13)14)8(2)16-9/h6,12H,3-5,7H2,1-2H3,(H,13,14). The third kappa shape index (κ3) is 3.67. The maximum Gasteiger partial charge on any atom is 0.339 e. The van der Waals surface area contributed by atoms with E-state index in [2.05, 4.69) is 5.32 Å². The molecular weight excluding hydrogens is 210 g/mol. The fourth-order valence-corrected chi connectivity index (χ4v) is 1.34. The largest absolute Gasteiger partial charge is 0.478 e. The van der Waals surface area contributed by atoms with Crippen LogP contribution in [0.3, 0.4) is 0 Å². The van der Waals surface area contributed by atoms with E-state index in [1.165, 1.54) is 0 Å². The topological polar surface area (TPSA) is 71.7 Å². The molecule has 0 aliphatic carbocycles. The average molecular weight is 227 g/mol. The summed E-state index contributed by atoms with van der Waals surface area (Å²) in [6.07, 6.45) is 0. The number of carboxylic acid groups (broad SMARTS) is 1. The van der Waals surface area contributed by atoms with E-state index in [1.54, 1.807) is 13.0 Å². The molecule has 0 bridgehead atoms. The van der Waals surface area contributed by atoms with Gasteiger partial charge in [0.1, 0.15) is 17.1 Å². The number of aryl methyl sites for hydroxylation is 1. The van der Waals surface area contributed by atoms with Crippen molar-refractivity contribution in [2.45, 2.75) is 20.4 Å². The highest BCUT2D eigenvalue weighted by Crippen LogP contribution is 2.14. The highest BCUT2D eigenvalue weighted by Gasteiger charge is 2.12. The van der Waals surface area contributed by atoms with Crippen molar-refractivity contribution in [3.63, 3.8) is 0 Å². The Kier molecular flexibility index (Phi) is 5.01. The molecular formula is C11H17NO4. The molecule has 0 fully saturated rings. The van der Waals surface area contributed by atoms with E-state index >= 15 is 0 Å². The molecule has 2 N–H and O–H groups in total. The number of carbonyl (C=O) groups is 1. The van der Waals surface area contributed by atoms with Gasteiger partial charge in [0.25, 0.3) is 0 Å². The van der Waals surface area contributed by atoms with Crippen LogP contribution in [0.1, 0.15) is 28.8 Å². The maximum absolute atomic E-state index is 10.7. The average Bonchev–Trinajstić information content (AvgIpc) is 2.59. The fraction of sp³-hybridized carbons (Fsp3) is 0.545. The molecule has 0 unspecified atom stereocenters. The third-order valence-corrected chi connectivity index (χ3v) is 2.13. The van der Waals surface area contributed by atoms with Crippen molar-refractivity contribution >= 4 is 5.97 Å². The number of furan rings is 1. The lowest BCUT2D eigenvalue weighted by Crippen LogP contribution is -2.18. The van der Waals surface area contributed by atoms with Crippen LogP contribution in [-0.2, 0) is 11.3 Å². The van der Waals surface area contributed by atoms with Gasteiger partial charge in [-0.3, -0.25) is 0 Å². The van der Waals surface area contributed by atoms with Crippen molar-refractivity contribution in [1.82, 2.24) is 5.32 Å². The first-order valence-corrected chi connectivity index (χ1v) is 5.26. The number of ether oxygens (including phenoxy) is 1. The molecule has 16 heavy (non-hydrogen) atoms. The number of nitrogens with one attached hydrogen (secondary N) is 1. The Balaban J connectivity index is 2.37. The Morgan fingerprint density at radius 1 is 1.62 bits per heavy atom. The minimum absolute atomic E-state index is 0.224. The summed E-state index contributed by atoms with van der Waals surface area (Å²) >= 11 is 0. The summed E-state index contributed by atoms with van der Waals surface area (Å²) in [7, 11) is 0. The summed E-state index contributed by atoms with van der Waals surface area (Å²) in [5.74, 6) is 0.113. The van der Waals surface area contributed by atoms with E-state index < -0.39 is 5.97 Å². The molecule has 1 heterocycles. The Bertz CT molecular complexity index is 346. The van der Waals surface area contributed by atoms with Crippen molar-refractivity contribution in [3.05, 3.63) is 23.2 Å². The lowest BCUT2D eigenvalue weighted by molar-refractivity contribution is 0.0695. The highest BCUT2D eigenvalue weighted by molar-refractivity contribution is 5.88. The Morgan fingerprint density at radius 2 is 2.38 bits per heavy atom. The summed E-state index contributed by atoms with van der Waals surface area (Å²) in [6, 6.07) is 1.55. The minimum Gasteiger partial charge on any atom is -0.478 e. The van der Waals surface area contributed by atoms with Crippen LogP contribution in [0, 0.1) is 6.92 Å². The van der Waals surface area contributed by atoms with Crippen LogP contribution in [0.4, 0.5) is 0 Å². The first kappa shape index (κ1) is 12.7. The van der Waals surface area contributed by atoms with Gasteiger partial charge in [-0.1, -0.05) is 0 Å². The van der Waals surface area contributed by atoms with Crippen molar-refractivity contribution in [3.8, 4) is 0 Å². The van der Waals surface area contributed by atoms with Crippen LogP contribution in [0.15, 0.2) is 10.5 Å². The van der Waals surface area contributed by atoms with E-state index in [4.69, 9.17) is 14.3 Å². The first-order chi connectivity index (χ1) is 7.65. The van der Waals surface area contributed by atoms with Crippen LogP contribution in [0.25, 0.3) is 0 Å². The van der Waals surface area contributed by atoms with Gasteiger partial charge in [-0.15, -0.1) is 0 Å². The van der Waals surface area contributed by atoms with Crippen LogP contribution in [0.2, 0.25) is 0 Å². The molecule has 1 aromatic heterocycles. The SMILES string of the molecule is CCOCCNCc1cc(C(=O)O)c(C)o1. The zero-order chi connectivity index (χ0) is 12.0. The normalized spacial score (nSPS) is 10.6. The molecule has 90 valence electrons. The Labute approximate surface area is 94.4 Å². The van der Waals surface area contributed by atoms with Crippen molar-refractivity contribution in [2.24, 2.45) is 0 Å². The fourth-order valence-electron chi connectivity index (χ4n) is 1.34. The van der Waals surface area contributed by atoms with Gasteiger partial charge >= 0.3 is 5.97 Å². The second-order valence-electron chi connectivity index (χ2n) is 3.36. The molecule has 0 amide bonds. The predicted molar refractivity (Wildman–Crippen MR) is 58.6 cm³/mol. The molecule has 5 heteroatoms. The third-order valence-electron chi connectivity index (χ3n) is 2.13.